The Hall–Kier alpha value is -2.95. The molecule has 0 saturated heterocycles. The standard InChI is InChI=1S/C16H12N2O3/c19-15(11-6-2-1-3-7-11)18-17-14-10-21-16(20)13-9-5-4-8-12(13)14/h1-9H,10H2,(H,18,19)/b17-14+. The smallest absolute Gasteiger partial charge is 0.339 e. The maximum atomic E-state index is 11.9. The van der Waals surface area contributed by atoms with Gasteiger partial charge in [0.15, 0.2) is 0 Å². The summed E-state index contributed by atoms with van der Waals surface area (Å²) in [4.78, 5) is 23.6. The Morgan fingerprint density at radius 2 is 1.67 bits per heavy atom. The van der Waals surface area contributed by atoms with Gasteiger partial charge in [0, 0.05) is 11.1 Å². The third-order valence-electron chi connectivity index (χ3n) is 3.13. The van der Waals surface area contributed by atoms with E-state index in [1.807, 2.05) is 12.1 Å². The van der Waals surface area contributed by atoms with Gasteiger partial charge in [-0.3, -0.25) is 4.79 Å². The van der Waals surface area contributed by atoms with Crippen LogP contribution in [0.4, 0.5) is 0 Å². The fourth-order valence-corrected chi connectivity index (χ4v) is 2.07. The largest absolute Gasteiger partial charge is 0.455 e. The molecular formula is C16H12N2O3. The molecular weight excluding hydrogens is 268 g/mol. The number of amides is 1. The van der Waals surface area contributed by atoms with Crippen LogP contribution in [0.3, 0.4) is 0 Å². The molecule has 2 aromatic rings. The molecule has 1 amide bonds. The lowest BCUT2D eigenvalue weighted by Crippen LogP contribution is -2.28. The number of cyclic esters (lactones) is 1. The number of hydrogen-bond acceptors (Lipinski definition) is 4. The Kier molecular flexibility index (Phi) is 3.47. The van der Waals surface area contributed by atoms with Crippen LogP contribution in [-0.4, -0.2) is 24.2 Å². The first-order valence-corrected chi connectivity index (χ1v) is 6.44. The van der Waals surface area contributed by atoms with Crippen LogP contribution in [0, 0.1) is 0 Å². The molecule has 0 saturated carbocycles. The zero-order valence-electron chi connectivity index (χ0n) is 11.1. The van der Waals surface area contributed by atoms with E-state index in [9.17, 15) is 9.59 Å². The summed E-state index contributed by atoms with van der Waals surface area (Å²) in [5.74, 6) is -0.684. The van der Waals surface area contributed by atoms with Crippen LogP contribution in [0.2, 0.25) is 0 Å². The minimum absolute atomic E-state index is 0.0465. The van der Waals surface area contributed by atoms with Gasteiger partial charge in [0.25, 0.3) is 5.91 Å². The second-order valence-electron chi connectivity index (χ2n) is 4.49. The van der Waals surface area contributed by atoms with E-state index >= 15 is 0 Å². The second-order valence-corrected chi connectivity index (χ2v) is 4.49. The number of carbonyl (C=O) groups excluding carboxylic acids is 2. The summed E-state index contributed by atoms with van der Waals surface area (Å²) < 4.78 is 5.03. The number of fused-ring (bicyclic) bond motifs is 1. The third-order valence-corrected chi connectivity index (χ3v) is 3.13. The van der Waals surface area contributed by atoms with Gasteiger partial charge in [-0.1, -0.05) is 36.4 Å². The van der Waals surface area contributed by atoms with Crippen molar-refractivity contribution in [2.75, 3.05) is 6.61 Å². The van der Waals surface area contributed by atoms with E-state index < -0.39 is 0 Å². The van der Waals surface area contributed by atoms with Crippen molar-refractivity contribution in [1.29, 1.82) is 0 Å². The molecule has 0 spiro atoms. The monoisotopic (exact) mass is 280 g/mol. The molecule has 5 heteroatoms. The van der Waals surface area contributed by atoms with Crippen LogP contribution in [0.1, 0.15) is 26.3 Å². The van der Waals surface area contributed by atoms with Gasteiger partial charge in [-0.2, -0.15) is 5.10 Å². The molecule has 0 unspecified atom stereocenters. The van der Waals surface area contributed by atoms with Crippen molar-refractivity contribution in [3.63, 3.8) is 0 Å². The molecule has 1 aliphatic heterocycles. The number of esters is 1. The Morgan fingerprint density at radius 1 is 1.00 bits per heavy atom. The van der Waals surface area contributed by atoms with Gasteiger partial charge in [-0.25, -0.2) is 10.2 Å². The van der Waals surface area contributed by atoms with E-state index in [2.05, 4.69) is 10.5 Å². The van der Waals surface area contributed by atoms with Gasteiger partial charge in [0.2, 0.25) is 0 Å². The highest BCUT2D eigenvalue weighted by Crippen LogP contribution is 2.16. The Balaban J connectivity index is 1.83. The van der Waals surface area contributed by atoms with Crippen molar-refractivity contribution in [3.05, 3.63) is 71.3 Å². The number of nitrogens with zero attached hydrogens (tertiary/aromatic N) is 1. The number of carbonyl (C=O) groups is 2. The van der Waals surface area contributed by atoms with E-state index in [0.29, 0.717) is 22.4 Å². The zero-order chi connectivity index (χ0) is 14.7. The molecule has 5 nitrogen and oxygen atoms in total. The molecule has 104 valence electrons. The Morgan fingerprint density at radius 3 is 2.43 bits per heavy atom. The van der Waals surface area contributed by atoms with Crippen molar-refractivity contribution in [1.82, 2.24) is 5.43 Å². The molecule has 0 aromatic heterocycles. The van der Waals surface area contributed by atoms with E-state index in [0.717, 1.165) is 0 Å². The summed E-state index contributed by atoms with van der Waals surface area (Å²) in [6, 6.07) is 15.8. The molecule has 1 N–H and O–H groups in total. The minimum Gasteiger partial charge on any atom is -0.455 e. The molecule has 2 aromatic carbocycles. The van der Waals surface area contributed by atoms with Crippen LogP contribution in [0.25, 0.3) is 0 Å². The molecule has 0 bridgehead atoms. The highest BCUT2D eigenvalue weighted by atomic mass is 16.5. The average Bonchev–Trinajstić information content (AvgIpc) is 2.55. The molecule has 1 aliphatic rings. The van der Waals surface area contributed by atoms with E-state index in [-0.39, 0.29) is 18.5 Å². The molecule has 3 rings (SSSR count). The molecule has 0 radical (unpaired) electrons. The third kappa shape index (κ3) is 2.67. The van der Waals surface area contributed by atoms with Gasteiger partial charge in [-0.05, 0) is 18.2 Å². The number of hydrogen-bond donors (Lipinski definition) is 1. The maximum Gasteiger partial charge on any atom is 0.339 e. The zero-order valence-corrected chi connectivity index (χ0v) is 11.1. The van der Waals surface area contributed by atoms with E-state index in [1.165, 1.54) is 0 Å². The van der Waals surface area contributed by atoms with Crippen LogP contribution >= 0.6 is 0 Å². The highest BCUT2D eigenvalue weighted by molar-refractivity contribution is 6.13. The van der Waals surface area contributed by atoms with Gasteiger partial charge >= 0.3 is 5.97 Å². The van der Waals surface area contributed by atoms with Crippen LogP contribution in [0.5, 0.6) is 0 Å². The Labute approximate surface area is 121 Å². The van der Waals surface area contributed by atoms with Gasteiger partial charge in [0.05, 0.1) is 5.56 Å². The van der Waals surface area contributed by atoms with Crippen molar-refractivity contribution in [2.45, 2.75) is 0 Å². The van der Waals surface area contributed by atoms with E-state index in [4.69, 9.17) is 4.74 Å². The van der Waals surface area contributed by atoms with Crippen LogP contribution in [0.15, 0.2) is 59.7 Å². The average molecular weight is 280 g/mol. The van der Waals surface area contributed by atoms with Crippen molar-refractivity contribution < 1.29 is 14.3 Å². The number of ether oxygens (including phenoxy) is 1. The number of rotatable bonds is 2. The molecule has 0 fully saturated rings. The highest BCUT2D eigenvalue weighted by Gasteiger charge is 2.23. The first kappa shape index (κ1) is 13.1. The summed E-state index contributed by atoms with van der Waals surface area (Å²) in [5.41, 5.74) is 4.66. The molecule has 0 aliphatic carbocycles. The fourth-order valence-electron chi connectivity index (χ4n) is 2.07. The van der Waals surface area contributed by atoms with E-state index in [1.54, 1.807) is 42.5 Å². The predicted octanol–water partition coefficient (Wildman–Crippen LogP) is 1.99. The van der Waals surface area contributed by atoms with Crippen LogP contribution in [-0.2, 0) is 4.74 Å². The summed E-state index contributed by atoms with van der Waals surface area (Å²) in [5, 5.41) is 4.08. The summed E-state index contributed by atoms with van der Waals surface area (Å²) in [6.07, 6.45) is 0. The lowest BCUT2D eigenvalue weighted by atomic mass is 10.0. The predicted molar refractivity (Wildman–Crippen MR) is 77.2 cm³/mol. The normalized spacial score (nSPS) is 15.2. The fraction of sp³-hybridized carbons (Fsp3) is 0.0625. The minimum atomic E-state index is -0.376. The summed E-state index contributed by atoms with van der Waals surface area (Å²) in [6.45, 7) is 0.0465. The van der Waals surface area contributed by atoms with Crippen LogP contribution < -0.4 is 5.43 Å². The first-order valence-electron chi connectivity index (χ1n) is 6.44. The van der Waals surface area contributed by atoms with Crippen molar-refractivity contribution in [3.8, 4) is 0 Å². The van der Waals surface area contributed by atoms with Crippen molar-refractivity contribution >= 4 is 17.6 Å². The quantitative estimate of drug-likeness (QED) is 0.675. The molecule has 1 heterocycles. The van der Waals surface area contributed by atoms with Gasteiger partial charge in [0.1, 0.15) is 12.3 Å². The number of hydrazone groups is 1. The van der Waals surface area contributed by atoms with Gasteiger partial charge < -0.3 is 4.74 Å². The summed E-state index contributed by atoms with van der Waals surface area (Å²) >= 11 is 0. The first-order chi connectivity index (χ1) is 10.3. The lowest BCUT2D eigenvalue weighted by Gasteiger charge is -2.17. The SMILES string of the molecule is O=C(N/N=C1\COC(=O)c2ccccc21)c1ccccc1. The lowest BCUT2D eigenvalue weighted by molar-refractivity contribution is 0.0552. The second kappa shape index (κ2) is 5.58. The maximum absolute atomic E-state index is 11.9. The topological polar surface area (TPSA) is 67.8 Å². The summed E-state index contributed by atoms with van der Waals surface area (Å²) in [7, 11) is 0. The van der Waals surface area contributed by atoms with Crippen molar-refractivity contribution in [2.24, 2.45) is 5.10 Å². The number of nitrogens with one attached hydrogen (secondary N) is 1. The Bertz CT molecular complexity index is 723. The number of benzene rings is 2. The molecule has 21 heavy (non-hydrogen) atoms. The molecule has 0 atom stereocenters. The van der Waals surface area contributed by atoms with Gasteiger partial charge in [-0.15, -0.1) is 0 Å².